The SMILES string of the molecule is O=C(/C=C/C=C/c1ccc(O)c(O)c1)N1CCN(C(c2ccccc2)c2ccccc2)CC1. The van der Waals surface area contributed by atoms with Crippen LogP contribution in [-0.2, 0) is 4.79 Å². The number of aromatic hydroxyl groups is 2. The molecule has 3 aromatic rings. The minimum Gasteiger partial charge on any atom is -0.504 e. The number of nitrogens with zero attached hydrogens (tertiary/aromatic N) is 2. The predicted octanol–water partition coefficient (Wildman–Crippen LogP) is 4.60. The standard InChI is InChI=1S/C28H28N2O3/c31-25-16-15-22(21-26(25)32)9-7-8-14-27(33)29-17-19-30(20-18-29)28(23-10-3-1-4-11-23)24-12-5-2-6-13-24/h1-16,21,28,31-32H,17-20H2/b9-7+,14-8+. The van der Waals surface area contributed by atoms with Crippen LogP contribution in [0, 0.1) is 0 Å². The second-order valence-electron chi connectivity index (χ2n) is 8.05. The first-order valence-corrected chi connectivity index (χ1v) is 11.1. The van der Waals surface area contributed by atoms with Crippen LogP contribution in [0.2, 0.25) is 0 Å². The zero-order valence-corrected chi connectivity index (χ0v) is 18.4. The Kier molecular flexibility index (Phi) is 7.22. The molecule has 0 radical (unpaired) electrons. The summed E-state index contributed by atoms with van der Waals surface area (Å²) in [5.41, 5.74) is 3.26. The second kappa shape index (κ2) is 10.7. The summed E-state index contributed by atoms with van der Waals surface area (Å²) in [7, 11) is 0. The normalized spacial score (nSPS) is 15.0. The number of rotatable bonds is 6. The zero-order valence-electron chi connectivity index (χ0n) is 18.4. The molecule has 5 nitrogen and oxygen atoms in total. The van der Waals surface area contributed by atoms with E-state index in [4.69, 9.17) is 0 Å². The predicted molar refractivity (Wildman–Crippen MR) is 131 cm³/mol. The first-order chi connectivity index (χ1) is 16.1. The average Bonchev–Trinajstić information content (AvgIpc) is 2.86. The molecule has 0 aliphatic carbocycles. The molecule has 0 atom stereocenters. The molecule has 33 heavy (non-hydrogen) atoms. The van der Waals surface area contributed by atoms with Crippen molar-refractivity contribution in [1.29, 1.82) is 0 Å². The lowest BCUT2D eigenvalue weighted by molar-refractivity contribution is -0.127. The molecule has 1 aliphatic heterocycles. The Morgan fingerprint density at radius 2 is 1.36 bits per heavy atom. The van der Waals surface area contributed by atoms with Crippen molar-refractivity contribution in [3.8, 4) is 11.5 Å². The molecule has 0 bridgehead atoms. The maximum Gasteiger partial charge on any atom is 0.246 e. The number of carbonyl (C=O) groups is 1. The summed E-state index contributed by atoms with van der Waals surface area (Å²) in [6, 6.07) is 25.8. The van der Waals surface area contributed by atoms with Gasteiger partial charge in [0.2, 0.25) is 5.91 Å². The van der Waals surface area contributed by atoms with E-state index in [0.717, 1.165) is 18.7 Å². The maximum atomic E-state index is 12.6. The van der Waals surface area contributed by atoms with E-state index in [0.29, 0.717) is 13.1 Å². The molecule has 0 spiro atoms. The molecular formula is C28H28N2O3. The highest BCUT2D eigenvalue weighted by Gasteiger charge is 2.27. The number of carbonyl (C=O) groups excluding carboxylic acids is 1. The highest BCUT2D eigenvalue weighted by atomic mass is 16.3. The molecule has 1 heterocycles. The Labute approximate surface area is 194 Å². The Balaban J connectivity index is 1.37. The summed E-state index contributed by atoms with van der Waals surface area (Å²) in [6.07, 6.45) is 6.79. The summed E-state index contributed by atoms with van der Waals surface area (Å²) in [6.45, 7) is 2.96. The first kappa shape index (κ1) is 22.4. The van der Waals surface area contributed by atoms with Crippen LogP contribution in [-0.4, -0.2) is 52.1 Å². The summed E-state index contributed by atoms with van der Waals surface area (Å²) in [5.74, 6) is -0.331. The molecule has 1 aliphatic rings. The molecule has 5 heteroatoms. The van der Waals surface area contributed by atoms with E-state index < -0.39 is 0 Å². The lowest BCUT2D eigenvalue weighted by Gasteiger charge is -2.39. The van der Waals surface area contributed by atoms with Gasteiger partial charge in [0.25, 0.3) is 0 Å². The lowest BCUT2D eigenvalue weighted by atomic mass is 9.96. The number of hydrogen-bond donors (Lipinski definition) is 2. The molecular weight excluding hydrogens is 412 g/mol. The Hall–Kier alpha value is -3.83. The third-order valence-electron chi connectivity index (χ3n) is 5.86. The third-order valence-corrected chi connectivity index (χ3v) is 5.86. The van der Waals surface area contributed by atoms with Gasteiger partial charge in [-0.3, -0.25) is 9.69 Å². The summed E-state index contributed by atoms with van der Waals surface area (Å²) >= 11 is 0. The van der Waals surface area contributed by atoms with E-state index in [1.165, 1.54) is 23.3 Å². The van der Waals surface area contributed by atoms with Crippen LogP contribution in [0.15, 0.2) is 97.1 Å². The lowest BCUT2D eigenvalue weighted by Crippen LogP contribution is -2.49. The molecule has 168 valence electrons. The van der Waals surface area contributed by atoms with Crippen LogP contribution < -0.4 is 0 Å². The Morgan fingerprint density at radius 1 is 0.758 bits per heavy atom. The van der Waals surface area contributed by atoms with Gasteiger partial charge in [0, 0.05) is 32.3 Å². The van der Waals surface area contributed by atoms with Crippen molar-refractivity contribution in [2.75, 3.05) is 26.2 Å². The quantitative estimate of drug-likeness (QED) is 0.334. The molecule has 0 unspecified atom stereocenters. The van der Waals surface area contributed by atoms with E-state index in [1.54, 1.807) is 30.4 Å². The van der Waals surface area contributed by atoms with E-state index in [9.17, 15) is 15.0 Å². The molecule has 0 aromatic heterocycles. The number of piperazine rings is 1. The molecule has 3 aromatic carbocycles. The largest absolute Gasteiger partial charge is 0.504 e. The van der Waals surface area contributed by atoms with E-state index in [-0.39, 0.29) is 23.4 Å². The minimum absolute atomic E-state index is 0.0103. The number of allylic oxidation sites excluding steroid dienone is 2. The van der Waals surface area contributed by atoms with Crippen molar-refractivity contribution in [3.63, 3.8) is 0 Å². The first-order valence-electron chi connectivity index (χ1n) is 11.1. The van der Waals surface area contributed by atoms with Crippen molar-refractivity contribution >= 4 is 12.0 Å². The van der Waals surface area contributed by atoms with Crippen molar-refractivity contribution in [1.82, 2.24) is 9.80 Å². The van der Waals surface area contributed by atoms with Crippen LogP contribution in [0.3, 0.4) is 0 Å². The maximum absolute atomic E-state index is 12.6. The summed E-state index contributed by atoms with van der Waals surface area (Å²) in [4.78, 5) is 17.0. The van der Waals surface area contributed by atoms with Crippen LogP contribution >= 0.6 is 0 Å². The Bertz CT molecular complexity index is 1080. The molecule has 4 rings (SSSR count). The summed E-state index contributed by atoms with van der Waals surface area (Å²) in [5, 5.41) is 18.9. The fraction of sp³-hybridized carbons (Fsp3) is 0.179. The van der Waals surface area contributed by atoms with E-state index >= 15 is 0 Å². The highest BCUT2D eigenvalue weighted by molar-refractivity contribution is 5.88. The number of benzene rings is 3. The van der Waals surface area contributed by atoms with Gasteiger partial charge in [-0.15, -0.1) is 0 Å². The average molecular weight is 441 g/mol. The minimum atomic E-state index is -0.167. The van der Waals surface area contributed by atoms with Gasteiger partial charge in [-0.1, -0.05) is 85.0 Å². The van der Waals surface area contributed by atoms with Gasteiger partial charge in [0.1, 0.15) is 0 Å². The van der Waals surface area contributed by atoms with Crippen LogP contribution in [0.25, 0.3) is 6.08 Å². The van der Waals surface area contributed by atoms with Crippen molar-refractivity contribution in [3.05, 3.63) is 114 Å². The van der Waals surface area contributed by atoms with Crippen LogP contribution in [0.4, 0.5) is 0 Å². The number of hydrogen-bond acceptors (Lipinski definition) is 4. The number of phenols is 2. The van der Waals surface area contributed by atoms with Crippen LogP contribution in [0.1, 0.15) is 22.7 Å². The van der Waals surface area contributed by atoms with Gasteiger partial charge >= 0.3 is 0 Å². The molecule has 0 saturated carbocycles. The fourth-order valence-electron chi connectivity index (χ4n) is 4.14. The second-order valence-corrected chi connectivity index (χ2v) is 8.05. The third kappa shape index (κ3) is 5.70. The van der Waals surface area contributed by atoms with Crippen LogP contribution in [0.5, 0.6) is 11.5 Å². The van der Waals surface area contributed by atoms with E-state index in [2.05, 4.69) is 53.4 Å². The van der Waals surface area contributed by atoms with E-state index in [1.807, 2.05) is 17.0 Å². The monoisotopic (exact) mass is 440 g/mol. The summed E-state index contributed by atoms with van der Waals surface area (Å²) < 4.78 is 0. The van der Waals surface area contributed by atoms with Crippen molar-refractivity contribution in [2.45, 2.75) is 6.04 Å². The topological polar surface area (TPSA) is 64.0 Å². The fourth-order valence-corrected chi connectivity index (χ4v) is 4.14. The molecule has 1 amide bonds. The van der Waals surface area contributed by atoms with Gasteiger partial charge in [-0.25, -0.2) is 0 Å². The zero-order chi connectivity index (χ0) is 23.0. The smallest absolute Gasteiger partial charge is 0.246 e. The Morgan fingerprint density at radius 3 is 1.94 bits per heavy atom. The number of amides is 1. The van der Waals surface area contributed by atoms with Gasteiger partial charge in [0.15, 0.2) is 11.5 Å². The van der Waals surface area contributed by atoms with Gasteiger partial charge in [0.05, 0.1) is 6.04 Å². The van der Waals surface area contributed by atoms with Gasteiger partial charge in [-0.2, -0.15) is 0 Å². The van der Waals surface area contributed by atoms with Gasteiger partial charge in [-0.05, 0) is 28.8 Å². The molecule has 2 N–H and O–H groups in total. The van der Waals surface area contributed by atoms with Crippen molar-refractivity contribution < 1.29 is 15.0 Å². The molecule has 1 fully saturated rings. The highest BCUT2D eigenvalue weighted by Crippen LogP contribution is 2.29. The van der Waals surface area contributed by atoms with Crippen molar-refractivity contribution in [2.24, 2.45) is 0 Å². The van der Waals surface area contributed by atoms with Gasteiger partial charge < -0.3 is 15.1 Å². The number of phenolic OH excluding ortho intramolecular Hbond substituents is 2. The molecule has 1 saturated heterocycles.